The van der Waals surface area contributed by atoms with E-state index in [-0.39, 0.29) is 0 Å². The van der Waals surface area contributed by atoms with Crippen LogP contribution in [-0.2, 0) is 0 Å². The first-order valence-corrected chi connectivity index (χ1v) is 18.5. The molecule has 7 heteroatoms. The molecule has 0 amide bonds. The molecular weight excluding hydrogens is 687 g/mol. The van der Waals surface area contributed by atoms with E-state index in [4.69, 9.17) is 30.2 Å². The van der Waals surface area contributed by atoms with Gasteiger partial charge in [0.05, 0.1) is 33.5 Å². The van der Waals surface area contributed by atoms with Gasteiger partial charge in [-0.2, -0.15) is 0 Å². The van der Waals surface area contributed by atoms with Gasteiger partial charge in [-0.3, -0.25) is 9.97 Å². The largest absolute Gasteiger partial charge is 0.256 e. The Bertz CT molecular complexity index is 3210. The van der Waals surface area contributed by atoms with Crippen molar-refractivity contribution in [2.45, 2.75) is 0 Å². The number of para-hydroxylation sites is 1. The quantitative estimate of drug-likeness (QED) is 0.171. The molecule has 0 N–H and O–H groups in total. The highest BCUT2D eigenvalue weighted by Gasteiger charge is 2.36. The fourth-order valence-electron chi connectivity index (χ4n) is 8.22. The second-order valence-electron chi connectivity index (χ2n) is 13.7. The summed E-state index contributed by atoms with van der Waals surface area (Å²) < 4.78 is 0. The molecule has 0 saturated carbocycles. The zero-order valence-corrected chi connectivity index (χ0v) is 29.9. The molecule has 5 heterocycles. The van der Waals surface area contributed by atoms with Crippen molar-refractivity contribution in [3.63, 3.8) is 0 Å². The lowest BCUT2D eigenvalue weighted by molar-refractivity contribution is 0.879. The van der Waals surface area contributed by atoms with E-state index in [1.54, 1.807) is 0 Å². The lowest BCUT2D eigenvalue weighted by atomic mass is 9.79. The van der Waals surface area contributed by atoms with Gasteiger partial charge in [-0.25, -0.2) is 9.98 Å². The predicted octanol–water partition coefficient (Wildman–Crippen LogP) is 10.1. The van der Waals surface area contributed by atoms with Gasteiger partial charge in [-0.05, 0) is 58.8 Å². The first kappa shape index (κ1) is 31.7. The molecule has 9 aromatic rings. The molecule has 0 radical (unpaired) electrons. The molecule has 2 aliphatic heterocycles. The number of fused-ring (bicyclic) bond motifs is 6. The van der Waals surface area contributed by atoms with Gasteiger partial charge in [0, 0.05) is 67.3 Å². The van der Waals surface area contributed by atoms with Crippen molar-refractivity contribution in [1.29, 1.82) is 0 Å². The fourth-order valence-corrected chi connectivity index (χ4v) is 8.22. The normalized spacial score (nSPS) is 11.9. The van der Waals surface area contributed by atoms with Gasteiger partial charge >= 0.3 is 0 Å². The maximum absolute atomic E-state index is 5.55. The van der Waals surface area contributed by atoms with Crippen LogP contribution in [0.15, 0.2) is 186 Å². The van der Waals surface area contributed by atoms with Crippen LogP contribution < -0.4 is 10.7 Å². The van der Waals surface area contributed by atoms with Crippen LogP contribution in [0.2, 0.25) is 0 Å². The summed E-state index contributed by atoms with van der Waals surface area (Å²) in [4.78, 5) is 21.0. The van der Waals surface area contributed by atoms with Gasteiger partial charge in [0.15, 0.2) is 0 Å². The molecular formula is C49H29N7. The molecule has 260 valence electrons. The molecule has 0 saturated heterocycles. The Morgan fingerprint density at radius 1 is 0.304 bits per heavy atom. The van der Waals surface area contributed by atoms with Gasteiger partial charge in [0.1, 0.15) is 11.4 Å². The average Bonchev–Trinajstić information content (AvgIpc) is 3.86. The van der Waals surface area contributed by atoms with Crippen molar-refractivity contribution in [2.75, 3.05) is 0 Å². The lowest BCUT2D eigenvalue weighted by Crippen LogP contribution is -2.06. The third-order valence-corrected chi connectivity index (χ3v) is 10.6. The highest BCUT2D eigenvalue weighted by atomic mass is 15.3. The molecule has 0 aliphatic carbocycles. The smallest absolute Gasteiger partial charge is 0.106 e. The van der Waals surface area contributed by atoms with Crippen molar-refractivity contribution in [3.8, 4) is 78.4 Å². The van der Waals surface area contributed by atoms with Crippen LogP contribution in [0.5, 0.6) is 0 Å². The minimum Gasteiger partial charge on any atom is -0.256 e. The SMILES string of the molecule is c1ccc(-c2nnnc(-c3c4c(c(-c5ccccc5)c(-c5ccccn5)c3-c3ccccn3)N=c3ccc5c(c3-4)N=c3ccccc3=5)c2-c2ccccc2)cc1. The zero-order chi connectivity index (χ0) is 37.0. The number of aromatic nitrogens is 5. The summed E-state index contributed by atoms with van der Waals surface area (Å²) in [7, 11) is 0. The van der Waals surface area contributed by atoms with Gasteiger partial charge in [0.25, 0.3) is 0 Å². The van der Waals surface area contributed by atoms with Crippen LogP contribution >= 0.6 is 0 Å². The Labute approximate surface area is 321 Å². The van der Waals surface area contributed by atoms with E-state index in [0.29, 0.717) is 5.69 Å². The minimum atomic E-state index is 0.662. The molecule has 0 unspecified atom stereocenters. The fraction of sp³-hybridized carbons (Fsp3) is 0. The predicted molar refractivity (Wildman–Crippen MR) is 219 cm³/mol. The Kier molecular flexibility index (Phi) is 7.35. The van der Waals surface area contributed by atoms with Gasteiger partial charge in [-0.1, -0.05) is 121 Å². The van der Waals surface area contributed by atoms with E-state index in [0.717, 1.165) is 105 Å². The highest BCUT2D eigenvalue weighted by Crippen LogP contribution is 2.58. The summed E-state index contributed by atoms with van der Waals surface area (Å²) in [6.45, 7) is 0. The summed E-state index contributed by atoms with van der Waals surface area (Å²) in [5, 5.41) is 18.3. The van der Waals surface area contributed by atoms with Gasteiger partial charge in [0.2, 0.25) is 0 Å². The third kappa shape index (κ3) is 4.95. The molecule has 0 spiro atoms. The third-order valence-electron chi connectivity index (χ3n) is 10.6. The number of pyridine rings is 2. The van der Waals surface area contributed by atoms with Crippen LogP contribution in [0.1, 0.15) is 0 Å². The molecule has 56 heavy (non-hydrogen) atoms. The summed E-state index contributed by atoms with van der Waals surface area (Å²) >= 11 is 0. The van der Waals surface area contributed by atoms with E-state index in [9.17, 15) is 0 Å². The standard InChI is InChI=1S/C49H29N7/c1-4-16-30(17-5-1)39-41(36-24-12-14-28-50-36)42(37-25-13-15-29-51-37)44(45-43-38(53-48(39)45)27-26-34-33-22-10-11-23-35(33)52-47(34)43)49-40(31-18-6-2-7-19-31)46(54-56-55-49)32-20-8-3-9-21-32/h1-29H. The van der Waals surface area contributed by atoms with E-state index in [1.165, 1.54) is 0 Å². The van der Waals surface area contributed by atoms with E-state index < -0.39 is 0 Å². The molecule has 6 aromatic carbocycles. The minimum absolute atomic E-state index is 0.662. The first-order chi connectivity index (χ1) is 27.8. The number of rotatable bonds is 6. The molecule has 11 rings (SSSR count). The maximum atomic E-state index is 5.55. The van der Waals surface area contributed by atoms with E-state index in [2.05, 4.69) is 96.2 Å². The average molecular weight is 716 g/mol. The lowest BCUT2D eigenvalue weighted by Gasteiger charge is -2.25. The molecule has 7 nitrogen and oxygen atoms in total. The first-order valence-electron chi connectivity index (χ1n) is 18.5. The summed E-state index contributed by atoms with van der Waals surface area (Å²) in [5.41, 5.74) is 13.8. The van der Waals surface area contributed by atoms with Crippen LogP contribution in [0.4, 0.5) is 11.4 Å². The van der Waals surface area contributed by atoms with Crippen LogP contribution in [0.3, 0.4) is 0 Å². The molecule has 0 fully saturated rings. The number of nitrogens with zero attached hydrogens (tertiary/aromatic N) is 7. The Morgan fingerprint density at radius 2 is 0.857 bits per heavy atom. The number of hydrogen-bond acceptors (Lipinski definition) is 7. The Balaban J connectivity index is 1.41. The molecule has 2 aliphatic rings. The molecule has 0 bridgehead atoms. The molecule has 3 aromatic heterocycles. The zero-order valence-electron chi connectivity index (χ0n) is 29.9. The summed E-state index contributed by atoms with van der Waals surface area (Å²) in [6, 6.07) is 55.6. The van der Waals surface area contributed by atoms with Crippen LogP contribution in [0, 0.1) is 10.4 Å². The second-order valence-corrected chi connectivity index (χ2v) is 13.7. The van der Waals surface area contributed by atoms with Gasteiger partial charge < -0.3 is 0 Å². The van der Waals surface area contributed by atoms with Crippen molar-refractivity contribution in [3.05, 3.63) is 197 Å². The number of benzene rings is 6. The topological polar surface area (TPSA) is 89.2 Å². The second kappa shape index (κ2) is 13.0. The van der Waals surface area contributed by atoms with Crippen molar-refractivity contribution < 1.29 is 0 Å². The summed E-state index contributed by atoms with van der Waals surface area (Å²) in [6.07, 6.45) is 3.67. The van der Waals surface area contributed by atoms with Crippen LogP contribution in [-0.4, -0.2) is 25.4 Å². The van der Waals surface area contributed by atoms with Crippen molar-refractivity contribution in [2.24, 2.45) is 9.98 Å². The van der Waals surface area contributed by atoms with Crippen molar-refractivity contribution >= 4 is 11.4 Å². The van der Waals surface area contributed by atoms with Crippen molar-refractivity contribution in [1.82, 2.24) is 25.4 Å². The highest BCUT2D eigenvalue weighted by molar-refractivity contribution is 6.15. The maximum Gasteiger partial charge on any atom is 0.106 e. The monoisotopic (exact) mass is 715 g/mol. The summed E-state index contributed by atoms with van der Waals surface area (Å²) in [5.74, 6) is 0. The molecule has 0 atom stereocenters. The van der Waals surface area contributed by atoms with Crippen LogP contribution in [0.25, 0.3) is 78.4 Å². The van der Waals surface area contributed by atoms with E-state index >= 15 is 0 Å². The van der Waals surface area contributed by atoms with Gasteiger partial charge in [-0.15, -0.1) is 10.2 Å². The number of hydrogen-bond donors (Lipinski definition) is 0. The van der Waals surface area contributed by atoms with E-state index in [1.807, 2.05) is 85.2 Å². The Morgan fingerprint density at radius 3 is 1.52 bits per heavy atom. The Hall–Kier alpha value is -7.77.